The number of nitrogens with two attached hydrogens (primary N) is 1. The van der Waals surface area contributed by atoms with Crippen molar-refractivity contribution in [2.75, 3.05) is 0 Å². The Morgan fingerprint density at radius 1 is 1.26 bits per heavy atom. The van der Waals surface area contributed by atoms with Crippen molar-refractivity contribution in [1.29, 1.82) is 0 Å². The molecule has 2 N–H and O–H groups in total. The highest BCUT2D eigenvalue weighted by molar-refractivity contribution is 5.60. The molecule has 0 fully saturated rings. The van der Waals surface area contributed by atoms with Crippen LogP contribution in [0.4, 0.5) is 0 Å². The van der Waals surface area contributed by atoms with Gasteiger partial charge in [0.25, 0.3) is 0 Å². The summed E-state index contributed by atoms with van der Waals surface area (Å²) >= 11 is 0. The molecule has 3 nitrogen and oxygen atoms in total. The van der Waals surface area contributed by atoms with E-state index < -0.39 is 0 Å². The maximum absolute atomic E-state index is 6.20. The summed E-state index contributed by atoms with van der Waals surface area (Å²) in [5.74, 6) is 1.66. The highest BCUT2D eigenvalue weighted by atomic mass is 15.1. The molecule has 2 unspecified atom stereocenters. The van der Waals surface area contributed by atoms with Crippen molar-refractivity contribution in [3.63, 3.8) is 0 Å². The van der Waals surface area contributed by atoms with Gasteiger partial charge in [-0.05, 0) is 43.4 Å². The summed E-state index contributed by atoms with van der Waals surface area (Å²) in [4.78, 5) is 4.75. The van der Waals surface area contributed by atoms with Gasteiger partial charge in [-0.15, -0.1) is 0 Å². The number of benzene rings is 1. The fourth-order valence-electron chi connectivity index (χ4n) is 2.86. The number of hydrogen-bond acceptors (Lipinski definition) is 2. The van der Waals surface area contributed by atoms with Crippen LogP contribution < -0.4 is 5.73 Å². The number of fused-ring (bicyclic) bond motifs is 1. The van der Waals surface area contributed by atoms with E-state index in [2.05, 4.69) is 49.7 Å². The lowest BCUT2D eigenvalue weighted by Crippen LogP contribution is -2.26. The largest absolute Gasteiger partial charge is 0.333 e. The van der Waals surface area contributed by atoms with Crippen LogP contribution in [0.3, 0.4) is 0 Å². The summed E-state index contributed by atoms with van der Waals surface area (Å²) in [6, 6.07) is 6.58. The Balaban J connectivity index is 2.03. The van der Waals surface area contributed by atoms with Gasteiger partial charge in [0.05, 0.1) is 11.7 Å². The summed E-state index contributed by atoms with van der Waals surface area (Å²) in [5.41, 5.74) is 11.1. The molecule has 1 aromatic heterocycles. The molecule has 2 heterocycles. The highest BCUT2D eigenvalue weighted by Gasteiger charge is 2.24. The number of aryl methyl sites for hydroxylation is 2. The predicted octanol–water partition coefficient (Wildman–Crippen LogP) is 3.21. The molecular weight excluding hydrogens is 234 g/mol. The second-order valence-corrected chi connectivity index (χ2v) is 5.88. The first-order valence-corrected chi connectivity index (χ1v) is 6.95. The van der Waals surface area contributed by atoms with Gasteiger partial charge in [-0.1, -0.05) is 19.1 Å². The van der Waals surface area contributed by atoms with Crippen LogP contribution in [0.2, 0.25) is 0 Å². The van der Waals surface area contributed by atoms with Crippen molar-refractivity contribution in [3.05, 3.63) is 41.3 Å². The molecule has 1 aliphatic rings. The minimum absolute atomic E-state index is 0.0732. The molecule has 2 atom stereocenters. The Kier molecular flexibility index (Phi) is 2.94. The summed E-state index contributed by atoms with van der Waals surface area (Å²) in [7, 11) is 0. The Morgan fingerprint density at radius 3 is 2.79 bits per heavy atom. The molecule has 0 spiro atoms. The second-order valence-electron chi connectivity index (χ2n) is 5.88. The molecule has 100 valence electrons. The van der Waals surface area contributed by atoms with Gasteiger partial charge in [-0.25, -0.2) is 4.98 Å². The van der Waals surface area contributed by atoms with Gasteiger partial charge in [0, 0.05) is 18.3 Å². The summed E-state index contributed by atoms with van der Waals surface area (Å²) < 4.78 is 2.23. The molecule has 1 aromatic carbocycles. The van der Waals surface area contributed by atoms with Crippen LogP contribution in [0, 0.1) is 19.8 Å². The zero-order valence-corrected chi connectivity index (χ0v) is 11.9. The average Bonchev–Trinajstić information content (AvgIpc) is 2.76. The Labute approximate surface area is 114 Å². The van der Waals surface area contributed by atoms with Gasteiger partial charge in [0.15, 0.2) is 0 Å². The number of imidazole rings is 1. The molecule has 0 bridgehead atoms. The van der Waals surface area contributed by atoms with E-state index in [1.54, 1.807) is 0 Å². The molecule has 0 saturated heterocycles. The molecule has 0 amide bonds. The Hall–Kier alpha value is -1.61. The highest BCUT2D eigenvalue weighted by Crippen LogP contribution is 2.30. The number of hydrogen-bond donors (Lipinski definition) is 1. The minimum atomic E-state index is 0.0732. The fourth-order valence-corrected chi connectivity index (χ4v) is 2.86. The van der Waals surface area contributed by atoms with Crippen molar-refractivity contribution in [3.8, 4) is 11.3 Å². The quantitative estimate of drug-likeness (QED) is 0.850. The maximum atomic E-state index is 6.20. The predicted molar refractivity (Wildman–Crippen MR) is 77.8 cm³/mol. The van der Waals surface area contributed by atoms with Crippen molar-refractivity contribution >= 4 is 0 Å². The molecule has 0 radical (unpaired) electrons. The molecule has 1 aliphatic heterocycles. The molecule has 0 aliphatic carbocycles. The first-order chi connectivity index (χ1) is 9.04. The molecule has 3 heteroatoms. The normalized spacial score (nSPS) is 22.3. The Morgan fingerprint density at radius 2 is 2.05 bits per heavy atom. The summed E-state index contributed by atoms with van der Waals surface area (Å²) in [5, 5.41) is 0. The SMILES string of the molecule is Cc1ccc(-c2cn3c(n2)C(N)CC(C)C3)cc1C. The standard InChI is InChI=1S/C16H21N3/c1-10-6-14(17)16-18-15(9-19(16)8-10)13-5-4-11(2)12(3)7-13/h4-5,7,9-10,14H,6,8,17H2,1-3H3. The monoisotopic (exact) mass is 255 g/mol. The first kappa shape index (κ1) is 12.4. The van der Waals surface area contributed by atoms with E-state index in [0.29, 0.717) is 5.92 Å². The lowest BCUT2D eigenvalue weighted by molar-refractivity contribution is 0.346. The lowest BCUT2D eigenvalue weighted by Gasteiger charge is -2.25. The molecule has 19 heavy (non-hydrogen) atoms. The minimum Gasteiger partial charge on any atom is -0.333 e. The molecule has 3 rings (SSSR count). The number of aromatic nitrogens is 2. The third kappa shape index (κ3) is 2.19. The van der Waals surface area contributed by atoms with Crippen molar-refractivity contribution in [2.24, 2.45) is 11.7 Å². The van der Waals surface area contributed by atoms with Gasteiger partial charge in [-0.3, -0.25) is 0 Å². The van der Waals surface area contributed by atoms with E-state index in [1.165, 1.54) is 16.7 Å². The van der Waals surface area contributed by atoms with Crippen LogP contribution in [0.25, 0.3) is 11.3 Å². The van der Waals surface area contributed by atoms with Gasteiger partial charge in [0.2, 0.25) is 0 Å². The summed E-state index contributed by atoms with van der Waals surface area (Å²) in [6.07, 6.45) is 3.18. The maximum Gasteiger partial charge on any atom is 0.126 e. The smallest absolute Gasteiger partial charge is 0.126 e. The van der Waals surface area contributed by atoms with E-state index in [1.807, 2.05) is 0 Å². The third-order valence-corrected chi connectivity index (χ3v) is 4.11. The third-order valence-electron chi connectivity index (χ3n) is 4.11. The van der Waals surface area contributed by atoms with Crippen LogP contribution in [-0.2, 0) is 6.54 Å². The van der Waals surface area contributed by atoms with E-state index in [-0.39, 0.29) is 6.04 Å². The average molecular weight is 255 g/mol. The Bertz CT molecular complexity index is 612. The van der Waals surface area contributed by atoms with Gasteiger partial charge in [-0.2, -0.15) is 0 Å². The van der Waals surface area contributed by atoms with E-state index in [0.717, 1.165) is 24.5 Å². The van der Waals surface area contributed by atoms with Crippen LogP contribution in [-0.4, -0.2) is 9.55 Å². The lowest BCUT2D eigenvalue weighted by atomic mass is 9.98. The summed E-state index contributed by atoms with van der Waals surface area (Å²) in [6.45, 7) is 7.55. The second kappa shape index (κ2) is 4.49. The van der Waals surface area contributed by atoms with Crippen LogP contribution >= 0.6 is 0 Å². The number of rotatable bonds is 1. The van der Waals surface area contributed by atoms with Crippen LogP contribution in [0.5, 0.6) is 0 Å². The topological polar surface area (TPSA) is 43.8 Å². The van der Waals surface area contributed by atoms with Crippen LogP contribution in [0.15, 0.2) is 24.4 Å². The fraction of sp³-hybridized carbons (Fsp3) is 0.438. The van der Waals surface area contributed by atoms with Gasteiger partial charge >= 0.3 is 0 Å². The first-order valence-electron chi connectivity index (χ1n) is 6.95. The number of nitrogens with zero attached hydrogens (tertiary/aromatic N) is 2. The molecule has 0 saturated carbocycles. The van der Waals surface area contributed by atoms with Gasteiger partial charge in [0.1, 0.15) is 5.82 Å². The van der Waals surface area contributed by atoms with E-state index in [9.17, 15) is 0 Å². The zero-order chi connectivity index (χ0) is 13.6. The van der Waals surface area contributed by atoms with Crippen molar-refractivity contribution < 1.29 is 0 Å². The van der Waals surface area contributed by atoms with Crippen LogP contribution in [0.1, 0.15) is 36.3 Å². The molecular formula is C16H21N3. The molecule has 2 aromatic rings. The van der Waals surface area contributed by atoms with Crippen molar-refractivity contribution in [2.45, 2.75) is 39.8 Å². The zero-order valence-electron chi connectivity index (χ0n) is 11.9. The van der Waals surface area contributed by atoms with Crippen molar-refractivity contribution in [1.82, 2.24) is 9.55 Å². The van der Waals surface area contributed by atoms with E-state index >= 15 is 0 Å². The van der Waals surface area contributed by atoms with E-state index in [4.69, 9.17) is 10.7 Å². The van der Waals surface area contributed by atoms with Gasteiger partial charge < -0.3 is 10.3 Å².